The number of hydrogen-bond acceptors (Lipinski definition) is 6. The summed E-state index contributed by atoms with van der Waals surface area (Å²) in [5.74, 6) is 0.613. The van der Waals surface area contributed by atoms with Gasteiger partial charge in [0, 0.05) is 40.0 Å². The van der Waals surface area contributed by atoms with E-state index in [-0.39, 0.29) is 28.5 Å². The van der Waals surface area contributed by atoms with Gasteiger partial charge < -0.3 is 10.1 Å². The number of hydrogen-bond donors (Lipinski definition) is 2. The Labute approximate surface area is 207 Å². The zero-order valence-corrected chi connectivity index (χ0v) is 20.2. The Balaban J connectivity index is 1.48. The first-order chi connectivity index (χ1) is 16.8. The highest BCUT2D eigenvalue weighted by atomic mass is 35.5. The Morgan fingerprint density at radius 3 is 2.57 bits per heavy atom. The summed E-state index contributed by atoms with van der Waals surface area (Å²) in [7, 11) is -2.28. The zero-order valence-electron chi connectivity index (χ0n) is 18.6. The summed E-state index contributed by atoms with van der Waals surface area (Å²) >= 11 is 6.45. The van der Waals surface area contributed by atoms with Gasteiger partial charge in [-0.05, 0) is 66.4 Å². The maximum absolute atomic E-state index is 13.1. The maximum Gasteiger partial charge on any atom is 0.269 e. The minimum Gasteiger partial charge on any atom is -0.497 e. The van der Waals surface area contributed by atoms with Crippen LogP contribution in [0.15, 0.2) is 77.7 Å². The zero-order chi connectivity index (χ0) is 24.7. The summed E-state index contributed by atoms with van der Waals surface area (Å²) in [5.41, 5.74) is 2.70. The van der Waals surface area contributed by atoms with E-state index >= 15 is 0 Å². The third-order valence-electron chi connectivity index (χ3n) is 6.51. The quantitative estimate of drug-likeness (QED) is 0.243. The molecule has 3 atom stereocenters. The Kier molecular flexibility index (Phi) is 5.90. The molecule has 3 aromatic rings. The predicted octanol–water partition coefficient (Wildman–Crippen LogP) is 5.88. The van der Waals surface area contributed by atoms with Crippen molar-refractivity contribution in [2.75, 3.05) is 17.1 Å². The Hall–Kier alpha value is -3.56. The highest BCUT2D eigenvalue weighted by Gasteiger charge is 2.39. The molecule has 1 heterocycles. The highest BCUT2D eigenvalue weighted by Crippen LogP contribution is 2.51. The van der Waals surface area contributed by atoms with Crippen LogP contribution in [-0.2, 0) is 10.0 Å². The van der Waals surface area contributed by atoms with E-state index in [9.17, 15) is 18.5 Å². The number of allylic oxidation sites excluding steroid dienone is 2. The van der Waals surface area contributed by atoms with Crippen molar-refractivity contribution in [3.05, 3.63) is 99.1 Å². The summed E-state index contributed by atoms with van der Waals surface area (Å²) in [5, 5.41) is 15.2. The van der Waals surface area contributed by atoms with Crippen molar-refractivity contribution in [3.8, 4) is 5.75 Å². The van der Waals surface area contributed by atoms with Gasteiger partial charge in [-0.1, -0.05) is 23.8 Å². The van der Waals surface area contributed by atoms with E-state index in [4.69, 9.17) is 16.3 Å². The lowest BCUT2D eigenvalue weighted by atomic mass is 9.77. The molecule has 0 radical (unpaired) electrons. The fourth-order valence-electron chi connectivity index (χ4n) is 4.80. The average molecular weight is 512 g/mol. The van der Waals surface area contributed by atoms with Crippen molar-refractivity contribution >= 4 is 38.7 Å². The van der Waals surface area contributed by atoms with Gasteiger partial charge in [0.05, 0.1) is 23.0 Å². The lowest BCUT2D eigenvalue weighted by Crippen LogP contribution is -2.29. The van der Waals surface area contributed by atoms with Crippen LogP contribution in [0.3, 0.4) is 0 Å². The summed E-state index contributed by atoms with van der Waals surface area (Å²) < 4.78 is 33.9. The van der Waals surface area contributed by atoms with Crippen molar-refractivity contribution in [1.82, 2.24) is 0 Å². The summed E-state index contributed by atoms with van der Waals surface area (Å²) in [6, 6.07) is 15.8. The van der Waals surface area contributed by atoms with Crippen LogP contribution in [0.4, 0.5) is 17.1 Å². The molecule has 3 aromatic carbocycles. The molecule has 2 aliphatic rings. The third-order valence-corrected chi connectivity index (χ3v) is 8.24. The molecular formula is C25H22ClN3O5S. The number of nitrogens with one attached hydrogen (secondary N) is 2. The molecule has 35 heavy (non-hydrogen) atoms. The first-order valence-corrected chi connectivity index (χ1v) is 12.8. The van der Waals surface area contributed by atoms with Crippen LogP contribution >= 0.6 is 11.6 Å². The average Bonchev–Trinajstić information content (AvgIpc) is 3.34. The lowest BCUT2D eigenvalue weighted by molar-refractivity contribution is -0.384. The molecule has 0 bridgehead atoms. The molecular weight excluding hydrogens is 490 g/mol. The number of methoxy groups -OCH3 is 1. The van der Waals surface area contributed by atoms with Crippen molar-refractivity contribution < 1.29 is 18.1 Å². The van der Waals surface area contributed by atoms with Gasteiger partial charge in [-0.2, -0.15) is 0 Å². The number of nitro groups is 1. The lowest BCUT2D eigenvalue weighted by Gasteiger charge is -2.38. The maximum atomic E-state index is 13.1. The summed E-state index contributed by atoms with van der Waals surface area (Å²) in [6.07, 6.45) is 4.86. The minimum absolute atomic E-state index is 0.0226. The molecule has 180 valence electrons. The van der Waals surface area contributed by atoms with Gasteiger partial charge in [-0.3, -0.25) is 14.8 Å². The van der Waals surface area contributed by atoms with Crippen LogP contribution in [0.25, 0.3) is 0 Å². The standard InChI is InChI=1S/C25H22ClN3O5S/c1-34-17-8-5-15(6-9-17)28-35(32,33)18-10-12-24-21(14-18)19-3-2-4-20(19)25(27-24)22-13-16(29(30)31)7-11-23(22)26/h2-3,5-14,19-20,25,27-28H,4H2,1H3/t19-,20+,25-/m0/s1. The number of anilines is 2. The first-order valence-electron chi connectivity index (χ1n) is 10.9. The van der Waals surface area contributed by atoms with Crippen molar-refractivity contribution in [1.29, 1.82) is 0 Å². The van der Waals surface area contributed by atoms with Gasteiger partial charge in [0.1, 0.15) is 5.75 Å². The Morgan fingerprint density at radius 2 is 1.86 bits per heavy atom. The van der Waals surface area contributed by atoms with Crippen LogP contribution in [0, 0.1) is 16.0 Å². The first kappa shape index (κ1) is 23.2. The van der Waals surface area contributed by atoms with Gasteiger partial charge in [-0.25, -0.2) is 8.42 Å². The van der Waals surface area contributed by atoms with E-state index in [1.165, 1.54) is 12.1 Å². The number of sulfonamides is 1. The van der Waals surface area contributed by atoms with Crippen molar-refractivity contribution in [2.45, 2.75) is 23.3 Å². The Morgan fingerprint density at radius 1 is 1.09 bits per heavy atom. The molecule has 10 heteroatoms. The second kappa shape index (κ2) is 8.90. The number of benzene rings is 3. The molecule has 1 aliphatic heterocycles. The second-order valence-electron chi connectivity index (χ2n) is 8.52. The van der Waals surface area contributed by atoms with Crippen LogP contribution in [0.1, 0.15) is 29.5 Å². The normalized spacial score (nSPS) is 20.5. The van der Waals surface area contributed by atoms with Crippen LogP contribution < -0.4 is 14.8 Å². The van der Waals surface area contributed by atoms with E-state index in [1.807, 2.05) is 0 Å². The van der Waals surface area contributed by atoms with Gasteiger partial charge in [0.15, 0.2) is 0 Å². The molecule has 0 spiro atoms. The van der Waals surface area contributed by atoms with E-state index in [0.29, 0.717) is 22.0 Å². The number of rotatable bonds is 6. The van der Waals surface area contributed by atoms with Crippen LogP contribution in [-0.4, -0.2) is 20.5 Å². The molecule has 0 saturated carbocycles. The van der Waals surface area contributed by atoms with Gasteiger partial charge in [0.2, 0.25) is 0 Å². The van der Waals surface area contributed by atoms with E-state index in [2.05, 4.69) is 22.2 Å². The highest BCUT2D eigenvalue weighted by molar-refractivity contribution is 7.92. The molecule has 5 rings (SSSR count). The number of halogens is 1. The largest absolute Gasteiger partial charge is 0.497 e. The van der Waals surface area contributed by atoms with E-state index in [1.54, 1.807) is 55.6 Å². The summed E-state index contributed by atoms with van der Waals surface area (Å²) in [4.78, 5) is 11.0. The number of fused-ring (bicyclic) bond motifs is 3. The molecule has 0 amide bonds. The SMILES string of the molecule is COc1ccc(NS(=O)(=O)c2ccc3c(c2)[C@H]2C=CC[C@H]2[C@@H](c2cc([N+](=O)[O-])ccc2Cl)N3)cc1. The molecule has 0 unspecified atom stereocenters. The fraction of sp³-hybridized carbons (Fsp3) is 0.200. The molecule has 2 N–H and O–H groups in total. The second-order valence-corrected chi connectivity index (χ2v) is 10.6. The van der Waals surface area contributed by atoms with Crippen LogP contribution in [0.5, 0.6) is 5.75 Å². The van der Waals surface area contributed by atoms with Gasteiger partial charge >= 0.3 is 0 Å². The fourth-order valence-corrected chi connectivity index (χ4v) is 6.13. The Bertz CT molecular complexity index is 1440. The van der Waals surface area contributed by atoms with Crippen molar-refractivity contribution in [3.63, 3.8) is 0 Å². The van der Waals surface area contributed by atoms with Crippen LogP contribution in [0.2, 0.25) is 5.02 Å². The third kappa shape index (κ3) is 4.33. The van der Waals surface area contributed by atoms with Gasteiger partial charge in [0.25, 0.3) is 15.7 Å². The monoisotopic (exact) mass is 511 g/mol. The minimum atomic E-state index is -3.82. The number of ether oxygens (including phenoxy) is 1. The van der Waals surface area contributed by atoms with Gasteiger partial charge in [-0.15, -0.1) is 0 Å². The number of nitrogens with zero attached hydrogens (tertiary/aromatic N) is 1. The molecule has 0 fully saturated rings. The predicted molar refractivity (Wildman–Crippen MR) is 135 cm³/mol. The van der Waals surface area contributed by atoms with Crippen molar-refractivity contribution in [2.24, 2.45) is 5.92 Å². The molecule has 1 aliphatic carbocycles. The number of nitro benzene ring substituents is 1. The smallest absolute Gasteiger partial charge is 0.269 e. The summed E-state index contributed by atoms with van der Waals surface area (Å²) in [6.45, 7) is 0. The molecule has 0 saturated heterocycles. The van der Waals surface area contributed by atoms with E-state index < -0.39 is 14.9 Å². The topological polar surface area (TPSA) is 111 Å². The number of non-ortho nitro benzene ring substituents is 1. The van der Waals surface area contributed by atoms with E-state index in [0.717, 1.165) is 17.7 Å². The molecule has 8 nitrogen and oxygen atoms in total. The molecule has 0 aromatic heterocycles.